The molecular weight excluding hydrogens is 234 g/mol. The predicted molar refractivity (Wildman–Crippen MR) is 70.6 cm³/mol. The van der Waals surface area contributed by atoms with E-state index in [-0.39, 0.29) is 0 Å². The summed E-state index contributed by atoms with van der Waals surface area (Å²) in [5.74, 6) is 0. The number of piperazine rings is 1. The Hall–Kier alpha value is -0.240. The van der Waals surface area contributed by atoms with Crippen molar-refractivity contribution in [2.45, 2.75) is 12.1 Å². The van der Waals surface area contributed by atoms with Crippen LogP contribution in [0.4, 0.5) is 0 Å². The van der Waals surface area contributed by atoms with Gasteiger partial charge in [0.1, 0.15) is 0 Å². The third-order valence-electron chi connectivity index (χ3n) is 3.27. The molecule has 1 saturated heterocycles. The quantitative estimate of drug-likeness (QED) is 0.523. The molecule has 1 aliphatic heterocycles. The maximum absolute atomic E-state index is 9.92. The first-order valence-electron chi connectivity index (χ1n) is 6.54. The Bertz CT molecular complexity index is 219. The smallest absolute Gasteiger partial charge is 0.0900 e. The van der Waals surface area contributed by atoms with Crippen LogP contribution in [0.15, 0.2) is 0 Å². The van der Waals surface area contributed by atoms with Gasteiger partial charge < -0.3 is 25.2 Å². The maximum Gasteiger partial charge on any atom is 0.0900 e. The summed E-state index contributed by atoms with van der Waals surface area (Å²) >= 11 is 0. The molecule has 0 bridgehead atoms. The van der Waals surface area contributed by atoms with E-state index in [1.54, 1.807) is 7.11 Å². The van der Waals surface area contributed by atoms with Crippen molar-refractivity contribution in [1.82, 2.24) is 9.80 Å². The van der Waals surface area contributed by atoms with E-state index < -0.39 is 6.10 Å². The highest BCUT2D eigenvalue weighted by Gasteiger charge is 2.25. The van der Waals surface area contributed by atoms with Crippen molar-refractivity contribution in [3.05, 3.63) is 0 Å². The third-order valence-corrected chi connectivity index (χ3v) is 3.27. The average molecular weight is 261 g/mol. The van der Waals surface area contributed by atoms with Crippen LogP contribution < -0.4 is 5.73 Å². The van der Waals surface area contributed by atoms with E-state index >= 15 is 0 Å². The van der Waals surface area contributed by atoms with Crippen molar-refractivity contribution in [2.75, 3.05) is 66.7 Å². The first kappa shape index (κ1) is 15.8. The minimum absolute atomic E-state index is 0.331. The molecule has 0 aromatic heterocycles. The van der Waals surface area contributed by atoms with Crippen LogP contribution >= 0.6 is 0 Å². The molecule has 2 atom stereocenters. The number of aliphatic hydroxyl groups is 1. The Kier molecular flexibility index (Phi) is 7.73. The number of rotatable bonds is 8. The fourth-order valence-corrected chi connectivity index (χ4v) is 2.20. The maximum atomic E-state index is 9.92. The summed E-state index contributed by atoms with van der Waals surface area (Å²) in [4.78, 5) is 4.53. The Balaban J connectivity index is 2.22. The Morgan fingerprint density at radius 1 is 1.39 bits per heavy atom. The van der Waals surface area contributed by atoms with E-state index in [4.69, 9.17) is 15.2 Å². The SMILES string of the molecule is COCCOCC(O)CN1CCN(C)CC1CN. The first-order valence-corrected chi connectivity index (χ1v) is 6.54. The number of nitrogens with zero attached hydrogens (tertiary/aromatic N) is 2. The second kappa shape index (κ2) is 8.79. The summed E-state index contributed by atoms with van der Waals surface area (Å²) < 4.78 is 10.2. The molecule has 108 valence electrons. The average Bonchev–Trinajstić information content (AvgIpc) is 2.37. The van der Waals surface area contributed by atoms with E-state index in [1.165, 1.54) is 0 Å². The lowest BCUT2D eigenvalue weighted by atomic mass is 10.1. The molecule has 18 heavy (non-hydrogen) atoms. The van der Waals surface area contributed by atoms with Crippen LogP contribution in [0.1, 0.15) is 0 Å². The summed E-state index contributed by atoms with van der Waals surface area (Å²) in [5, 5.41) is 9.92. The summed E-state index contributed by atoms with van der Waals surface area (Å²) in [5.41, 5.74) is 5.77. The molecule has 0 amide bonds. The summed E-state index contributed by atoms with van der Waals surface area (Å²) in [6.07, 6.45) is -0.459. The van der Waals surface area contributed by atoms with E-state index in [2.05, 4.69) is 16.8 Å². The van der Waals surface area contributed by atoms with Crippen LogP contribution in [-0.2, 0) is 9.47 Å². The second-order valence-electron chi connectivity index (χ2n) is 4.87. The highest BCUT2D eigenvalue weighted by atomic mass is 16.5. The van der Waals surface area contributed by atoms with E-state index in [0.717, 1.165) is 19.6 Å². The topological polar surface area (TPSA) is 71.2 Å². The molecule has 0 aromatic rings. The monoisotopic (exact) mass is 261 g/mol. The van der Waals surface area contributed by atoms with Crippen molar-refractivity contribution >= 4 is 0 Å². The van der Waals surface area contributed by atoms with Crippen LogP contribution in [0.2, 0.25) is 0 Å². The molecule has 0 saturated carbocycles. The lowest BCUT2D eigenvalue weighted by molar-refractivity contribution is -0.0159. The normalized spacial score (nSPS) is 24.3. The zero-order valence-electron chi connectivity index (χ0n) is 11.5. The van der Waals surface area contributed by atoms with Gasteiger partial charge in [-0.15, -0.1) is 0 Å². The Morgan fingerprint density at radius 2 is 2.17 bits per heavy atom. The Morgan fingerprint density at radius 3 is 2.83 bits per heavy atom. The largest absolute Gasteiger partial charge is 0.389 e. The second-order valence-corrected chi connectivity index (χ2v) is 4.87. The minimum atomic E-state index is -0.459. The molecule has 0 spiro atoms. The predicted octanol–water partition coefficient (Wildman–Crippen LogP) is -1.41. The lowest BCUT2D eigenvalue weighted by Crippen LogP contribution is -2.56. The number of likely N-dealkylation sites (N-methyl/N-ethyl adjacent to an activating group) is 1. The highest BCUT2D eigenvalue weighted by molar-refractivity contribution is 4.82. The number of β-amino-alcohol motifs (C(OH)–C–C–N with tert-alkyl or cyclic N) is 1. The summed E-state index contributed by atoms with van der Waals surface area (Å²) in [6.45, 7) is 5.63. The number of nitrogens with two attached hydrogens (primary N) is 1. The van der Waals surface area contributed by atoms with Gasteiger partial charge in [0.05, 0.1) is 25.9 Å². The molecule has 0 radical (unpaired) electrons. The molecule has 0 aromatic carbocycles. The van der Waals surface area contributed by atoms with Crippen LogP contribution in [0.25, 0.3) is 0 Å². The highest BCUT2D eigenvalue weighted by Crippen LogP contribution is 2.08. The number of methoxy groups -OCH3 is 1. The first-order chi connectivity index (χ1) is 8.67. The molecule has 1 rings (SSSR count). The summed E-state index contributed by atoms with van der Waals surface area (Å²) in [6, 6.07) is 0.331. The van der Waals surface area contributed by atoms with Crippen LogP contribution in [0.3, 0.4) is 0 Å². The zero-order chi connectivity index (χ0) is 13.4. The molecule has 1 heterocycles. The van der Waals surface area contributed by atoms with Gasteiger partial charge in [-0.05, 0) is 7.05 Å². The molecule has 2 unspecified atom stereocenters. The fourth-order valence-electron chi connectivity index (χ4n) is 2.20. The molecule has 1 aliphatic rings. The summed E-state index contributed by atoms with van der Waals surface area (Å²) in [7, 11) is 3.74. The van der Waals surface area contributed by atoms with Gasteiger partial charge in [0.2, 0.25) is 0 Å². The zero-order valence-corrected chi connectivity index (χ0v) is 11.5. The third kappa shape index (κ3) is 5.60. The van der Waals surface area contributed by atoms with Gasteiger partial charge in [-0.25, -0.2) is 0 Å². The van der Waals surface area contributed by atoms with Crippen molar-refractivity contribution < 1.29 is 14.6 Å². The molecule has 6 nitrogen and oxygen atoms in total. The van der Waals surface area contributed by atoms with Gasteiger partial charge in [-0.1, -0.05) is 0 Å². The number of aliphatic hydroxyl groups excluding tert-OH is 1. The minimum Gasteiger partial charge on any atom is -0.389 e. The van der Waals surface area contributed by atoms with Crippen LogP contribution in [0, 0.1) is 0 Å². The van der Waals surface area contributed by atoms with Gasteiger partial charge in [-0.3, -0.25) is 4.90 Å². The van der Waals surface area contributed by atoms with Gasteiger partial charge in [0, 0.05) is 45.9 Å². The lowest BCUT2D eigenvalue weighted by Gasteiger charge is -2.40. The van der Waals surface area contributed by atoms with Crippen molar-refractivity contribution in [2.24, 2.45) is 5.73 Å². The fraction of sp³-hybridized carbons (Fsp3) is 1.00. The number of hydrogen-bond acceptors (Lipinski definition) is 6. The molecule has 3 N–H and O–H groups in total. The standard InChI is InChI=1S/C12H27N3O3/c1-14-3-4-15(11(7-13)8-14)9-12(16)10-18-6-5-17-2/h11-12,16H,3-10,13H2,1-2H3. The molecule has 1 fully saturated rings. The van der Waals surface area contributed by atoms with Crippen molar-refractivity contribution in [1.29, 1.82) is 0 Å². The van der Waals surface area contributed by atoms with E-state index in [9.17, 15) is 5.11 Å². The van der Waals surface area contributed by atoms with Crippen LogP contribution in [0.5, 0.6) is 0 Å². The van der Waals surface area contributed by atoms with E-state index in [0.29, 0.717) is 39.0 Å². The Labute approximate surface area is 110 Å². The van der Waals surface area contributed by atoms with Gasteiger partial charge in [0.15, 0.2) is 0 Å². The van der Waals surface area contributed by atoms with Gasteiger partial charge in [0.25, 0.3) is 0 Å². The van der Waals surface area contributed by atoms with Crippen molar-refractivity contribution in [3.63, 3.8) is 0 Å². The number of hydrogen-bond donors (Lipinski definition) is 2. The molecule has 0 aliphatic carbocycles. The van der Waals surface area contributed by atoms with E-state index in [1.807, 2.05) is 0 Å². The van der Waals surface area contributed by atoms with Crippen LogP contribution in [-0.4, -0.2) is 93.8 Å². The molecule has 6 heteroatoms. The number of ether oxygens (including phenoxy) is 2. The van der Waals surface area contributed by atoms with Crippen molar-refractivity contribution in [3.8, 4) is 0 Å². The van der Waals surface area contributed by atoms with Gasteiger partial charge in [-0.2, -0.15) is 0 Å². The molecular formula is C12H27N3O3. The van der Waals surface area contributed by atoms with Gasteiger partial charge >= 0.3 is 0 Å².